The Kier molecular flexibility index (Phi) is 1.94. The Morgan fingerprint density at radius 2 is 2.20 bits per heavy atom. The van der Waals surface area contributed by atoms with E-state index in [0.29, 0.717) is 10.7 Å². The fourth-order valence-electron chi connectivity index (χ4n) is 0.765. The van der Waals surface area contributed by atoms with E-state index in [2.05, 4.69) is 4.85 Å². The maximum Gasteiger partial charge on any atom is 0.208 e. The zero-order valence-electron chi connectivity index (χ0n) is 5.56. The minimum Gasteiger partial charge on any atom is -0.236 e. The van der Waals surface area contributed by atoms with Gasteiger partial charge in [0.05, 0.1) is 6.57 Å². The number of para-hydroxylation sites is 1. The summed E-state index contributed by atoms with van der Waals surface area (Å²) in [6, 6.07) is 5.44. The Balaban J connectivity index is 3.34. The lowest BCUT2D eigenvalue weighted by Gasteiger charge is -1.96. The van der Waals surface area contributed by atoms with Crippen molar-refractivity contribution in [3.8, 4) is 0 Å². The van der Waals surface area contributed by atoms with Gasteiger partial charge in [-0.3, -0.25) is 0 Å². The van der Waals surface area contributed by atoms with Crippen molar-refractivity contribution in [1.82, 2.24) is 0 Å². The van der Waals surface area contributed by atoms with Crippen molar-refractivity contribution in [2.24, 2.45) is 0 Å². The van der Waals surface area contributed by atoms with Crippen molar-refractivity contribution < 1.29 is 0 Å². The molecule has 1 aromatic rings. The van der Waals surface area contributed by atoms with Crippen LogP contribution in [0, 0.1) is 13.5 Å². The van der Waals surface area contributed by atoms with Gasteiger partial charge in [-0.1, -0.05) is 29.8 Å². The Labute approximate surface area is 65.1 Å². The second-order valence-electron chi connectivity index (χ2n) is 2.02. The molecule has 50 valence electrons. The van der Waals surface area contributed by atoms with E-state index in [1.165, 1.54) is 0 Å². The molecule has 0 aromatic heterocycles. The molecule has 0 N–H and O–H groups in total. The van der Waals surface area contributed by atoms with Gasteiger partial charge in [0.2, 0.25) is 5.69 Å². The zero-order chi connectivity index (χ0) is 7.56. The molecule has 2 heteroatoms. The summed E-state index contributed by atoms with van der Waals surface area (Å²) in [7, 11) is 0. The highest BCUT2D eigenvalue weighted by molar-refractivity contribution is 6.33. The second-order valence-corrected chi connectivity index (χ2v) is 2.42. The van der Waals surface area contributed by atoms with Gasteiger partial charge in [-0.05, 0) is 12.5 Å². The van der Waals surface area contributed by atoms with Crippen LogP contribution in [0.3, 0.4) is 0 Å². The molecule has 1 nitrogen and oxygen atoms in total. The molecule has 1 aromatic carbocycles. The smallest absolute Gasteiger partial charge is 0.208 e. The summed E-state index contributed by atoms with van der Waals surface area (Å²) >= 11 is 5.72. The molecule has 1 rings (SSSR count). The fraction of sp³-hybridized carbons (Fsp3) is 0.125. The van der Waals surface area contributed by atoms with Crippen LogP contribution in [0.5, 0.6) is 0 Å². The quantitative estimate of drug-likeness (QED) is 0.502. The maximum absolute atomic E-state index is 6.77. The van der Waals surface area contributed by atoms with E-state index in [1.807, 2.05) is 19.1 Å². The van der Waals surface area contributed by atoms with E-state index >= 15 is 0 Å². The maximum atomic E-state index is 6.77. The fourth-order valence-corrected chi connectivity index (χ4v) is 1.03. The van der Waals surface area contributed by atoms with Gasteiger partial charge in [-0.25, -0.2) is 4.85 Å². The van der Waals surface area contributed by atoms with Crippen LogP contribution >= 0.6 is 11.6 Å². The first-order valence-electron chi connectivity index (χ1n) is 2.88. The topological polar surface area (TPSA) is 4.36 Å². The van der Waals surface area contributed by atoms with Crippen molar-refractivity contribution in [3.63, 3.8) is 0 Å². The molecule has 0 fully saturated rings. The summed E-state index contributed by atoms with van der Waals surface area (Å²) in [5.74, 6) is 0. The van der Waals surface area contributed by atoms with Crippen molar-refractivity contribution >= 4 is 17.3 Å². The SMILES string of the molecule is [C-]#[N+]c1c(C)cccc1Cl. The Morgan fingerprint density at radius 3 is 2.60 bits per heavy atom. The number of aryl methyl sites for hydroxylation is 1. The number of hydrogen-bond acceptors (Lipinski definition) is 0. The highest BCUT2D eigenvalue weighted by Gasteiger charge is 2.00. The van der Waals surface area contributed by atoms with Crippen molar-refractivity contribution in [3.05, 3.63) is 40.2 Å². The molecule has 0 spiro atoms. The number of halogens is 1. The monoisotopic (exact) mass is 151 g/mol. The first-order valence-corrected chi connectivity index (χ1v) is 3.26. The Morgan fingerprint density at radius 1 is 1.50 bits per heavy atom. The van der Waals surface area contributed by atoms with Crippen molar-refractivity contribution in [1.29, 1.82) is 0 Å². The van der Waals surface area contributed by atoms with Crippen LogP contribution in [0.25, 0.3) is 4.85 Å². The Hall–Kier alpha value is -1.00. The number of hydrogen-bond donors (Lipinski definition) is 0. The van der Waals surface area contributed by atoms with E-state index in [1.54, 1.807) is 6.07 Å². The largest absolute Gasteiger partial charge is 0.236 e. The highest BCUT2D eigenvalue weighted by atomic mass is 35.5. The Bertz CT molecular complexity index is 266. The van der Waals surface area contributed by atoms with Crippen molar-refractivity contribution in [2.45, 2.75) is 6.92 Å². The van der Waals surface area contributed by atoms with E-state index in [4.69, 9.17) is 18.2 Å². The molecular formula is C8H6ClN. The summed E-state index contributed by atoms with van der Waals surface area (Å²) in [4.78, 5) is 3.29. The molecule has 0 aliphatic rings. The van der Waals surface area contributed by atoms with Gasteiger partial charge in [0, 0.05) is 5.02 Å². The minimum absolute atomic E-state index is 0.537. The average Bonchev–Trinajstić information content (AvgIpc) is 1.88. The van der Waals surface area contributed by atoms with E-state index in [-0.39, 0.29) is 0 Å². The van der Waals surface area contributed by atoms with Gasteiger partial charge in [0.15, 0.2) is 0 Å². The van der Waals surface area contributed by atoms with Crippen LogP contribution < -0.4 is 0 Å². The van der Waals surface area contributed by atoms with Gasteiger partial charge in [-0.15, -0.1) is 0 Å². The number of nitrogens with zero attached hydrogens (tertiary/aromatic N) is 1. The number of benzene rings is 1. The molecule has 0 unspecified atom stereocenters. The first-order chi connectivity index (χ1) is 4.75. The predicted molar refractivity (Wildman–Crippen MR) is 42.5 cm³/mol. The summed E-state index contributed by atoms with van der Waals surface area (Å²) in [5.41, 5.74) is 1.49. The third-order valence-corrected chi connectivity index (χ3v) is 1.61. The third kappa shape index (κ3) is 1.12. The predicted octanol–water partition coefficient (Wildman–Crippen LogP) is 3.20. The summed E-state index contributed by atoms with van der Waals surface area (Å²) in [5, 5.41) is 0.537. The van der Waals surface area contributed by atoms with E-state index in [9.17, 15) is 0 Å². The molecule has 0 heterocycles. The normalized spacial score (nSPS) is 8.90. The lowest BCUT2D eigenvalue weighted by atomic mass is 10.2. The standard InChI is InChI=1S/C8H6ClN/c1-6-4-3-5-7(9)8(6)10-2/h3-5H,1H3. The molecule has 0 bridgehead atoms. The number of rotatable bonds is 0. The molecule has 10 heavy (non-hydrogen) atoms. The molecule has 0 amide bonds. The van der Waals surface area contributed by atoms with Gasteiger partial charge < -0.3 is 0 Å². The second kappa shape index (κ2) is 2.72. The van der Waals surface area contributed by atoms with Crippen LogP contribution in [0.1, 0.15) is 5.56 Å². The first kappa shape index (κ1) is 7.11. The van der Waals surface area contributed by atoms with Crippen LogP contribution in [0.15, 0.2) is 18.2 Å². The van der Waals surface area contributed by atoms with Gasteiger partial charge in [-0.2, -0.15) is 0 Å². The minimum atomic E-state index is 0.537. The van der Waals surface area contributed by atoms with Gasteiger partial charge >= 0.3 is 0 Å². The van der Waals surface area contributed by atoms with E-state index < -0.39 is 0 Å². The summed E-state index contributed by atoms with van der Waals surface area (Å²) in [6.07, 6.45) is 0. The summed E-state index contributed by atoms with van der Waals surface area (Å²) in [6.45, 7) is 8.64. The molecule has 0 radical (unpaired) electrons. The van der Waals surface area contributed by atoms with Gasteiger partial charge in [0.25, 0.3) is 0 Å². The molecule has 0 atom stereocenters. The van der Waals surface area contributed by atoms with Crippen LogP contribution in [0.2, 0.25) is 5.02 Å². The van der Waals surface area contributed by atoms with E-state index in [0.717, 1.165) is 5.56 Å². The molecule has 0 aliphatic heterocycles. The third-order valence-electron chi connectivity index (χ3n) is 1.30. The highest BCUT2D eigenvalue weighted by Crippen LogP contribution is 2.27. The molecule has 0 saturated carbocycles. The van der Waals surface area contributed by atoms with Crippen LogP contribution in [-0.2, 0) is 0 Å². The van der Waals surface area contributed by atoms with Crippen LogP contribution in [-0.4, -0.2) is 0 Å². The average molecular weight is 152 g/mol. The summed E-state index contributed by atoms with van der Waals surface area (Å²) < 4.78 is 0. The molecule has 0 aliphatic carbocycles. The van der Waals surface area contributed by atoms with Gasteiger partial charge in [0.1, 0.15) is 0 Å². The van der Waals surface area contributed by atoms with Crippen molar-refractivity contribution in [2.75, 3.05) is 0 Å². The lowest BCUT2D eigenvalue weighted by molar-refractivity contribution is 1.49. The van der Waals surface area contributed by atoms with Crippen LogP contribution in [0.4, 0.5) is 5.69 Å². The zero-order valence-corrected chi connectivity index (χ0v) is 6.31. The lowest BCUT2D eigenvalue weighted by Crippen LogP contribution is -1.71. The molecular weight excluding hydrogens is 146 g/mol. The molecule has 0 saturated heterocycles.